The molecule has 0 aliphatic carbocycles. The lowest BCUT2D eigenvalue weighted by Crippen LogP contribution is -2.40. The minimum atomic E-state index is -3.46. The summed E-state index contributed by atoms with van der Waals surface area (Å²) in [6.45, 7) is 5.91. The number of rotatable bonds is 9. The number of nitrogens with one attached hydrogen (secondary N) is 2. The Bertz CT molecular complexity index is 640. The summed E-state index contributed by atoms with van der Waals surface area (Å²) in [6.07, 6.45) is 0.979. The first-order valence-corrected chi connectivity index (χ1v) is 10.1. The van der Waals surface area contributed by atoms with E-state index in [2.05, 4.69) is 10.6 Å². The van der Waals surface area contributed by atoms with Crippen molar-refractivity contribution in [2.24, 2.45) is 0 Å². The van der Waals surface area contributed by atoms with E-state index < -0.39 is 10.0 Å². The number of morpholine rings is 1. The van der Waals surface area contributed by atoms with Crippen LogP contribution in [-0.4, -0.2) is 64.6 Å². The van der Waals surface area contributed by atoms with Gasteiger partial charge in [0.05, 0.1) is 18.1 Å². The van der Waals surface area contributed by atoms with Gasteiger partial charge in [0, 0.05) is 32.6 Å². The minimum absolute atomic E-state index is 0.00270. The maximum Gasteiger partial charge on any atom is 0.243 e. The maximum atomic E-state index is 12.5. The molecule has 1 aromatic rings. The molecular weight excluding hydrogens is 342 g/mol. The number of likely N-dealkylation sites (N-methyl/N-ethyl adjacent to an activating group) is 1. The predicted molar refractivity (Wildman–Crippen MR) is 95.9 cm³/mol. The Kier molecular flexibility index (Phi) is 7.83. The van der Waals surface area contributed by atoms with Crippen LogP contribution in [0.2, 0.25) is 0 Å². The highest BCUT2D eigenvalue weighted by Crippen LogP contribution is 2.18. The van der Waals surface area contributed by atoms with Crippen molar-refractivity contribution >= 4 is 15.9 Å². The summed E-state index contributed by atoms with van der Waals surface area (Å²) in [5.41, 5.74) is 0.947. The summed E-state index contributed by atoms with van der Waals surface area (Å²) in [6, 6.07) is 6.78. The average Bonchev–Trinajstić information content (AvgIpc) is 2.64. The highest BCUT2D eigenvalue weighted by molar-refractivity contribution is 7.89. The second-order valence-corrected chi connectivity index (χ2v) is 7.80. The summed E-state index contributed by atoms with van der Waals surface area (Å²) in [5.74, 6) is 0.00270. The zero-order valence-electron chi connectivity index (χ0n) is 14.7. The Morgan fingerprint density at radius 2 is 1.84 bits per heavy atom. The van der Waals surface area contributed by atoms with E-state index in [1.807, 2.05) is 6.92 Å². The number of nitrogens with zero attached hydrogens (tertiary/aromatic N) is 1. The van der Waals surface area contributed by atoms with E-state index >= 15 is 0 Å². The van der Waals surface area contributed by atoms with Gasteiger partial charge in [-0.2, -0.15) is 4.31 Å². The number of hydrogen-bond donors (Lipinski definition) is 2. The molecule has 25 heavy (non-hydrogen) atoms. The molecule has 0 aromatic heterocycles. The molecular formula is C17H27N3O4S. The molecule has 2 N–H and O–H groups in total. The molecule has 2 rings (SSSR count). The molecule has 0 saturated carbocycles. The van der Waals surface area contributed by atoms with Crippen LogP contribution in [-0.2, 0) is 26.0 Å². The van der Waals surface area contributed by atoms with E-state index in [9.17, 15) is 13.2 Å². The van der Waals surface area contributed by atoms with E-state index in [0.717, 1.165) is 18.7 Å². The average molecular weight is 369 g/mol. The van der Waals surface area contributed by atoms with Crippen molar-refractivity contribution in [1.82, 2.24) is 14.9 Å². The van der Waals surface area contributed by atoms with Crippen molar-refractivity contribution in [3.8, 4) is 0 Å². The van der Waals surface area contributed by atoms with Gasteiger partial charge in [-0.05, 0) is 30.7 Å². The largest absolute Gasteiger partial charge is 0.379 e. The Morgan fingerprint density at radius 3 is 2.48 bits per heavy atom. The first-order valence-electron chi connectivity index (χ1n) is 8.68. The van der Waals surface area contributed by atoms with Crippen LogP contribution in [0.15, 0.2) is 29.2 Å². The highest BCUT2D eigenvalue weighted by atomic mass is 32.2. The number of carbonyl (C=O) groups excluding carboxylic acids is 1. The highest BCUT2D eigenvalue weighted by Gasteiger charge is 2.25. The van der Waals surface area contributed by atoms with Crippen molar-refractivity contribution < 1.29 is 17.9 Å². The first-order chi connectivity index (χ1) is 12.0. The second-order valence-electron chi connectivity index (χ2n) is 5.86. The van der Waals surface area contributed by atoms with E-state index in [1.54, 1.807) is 24.3 Å². The van der Waals surface area contributed by atoms with Crippen LogP contribution in [0.25, 0.3) is 0 Å². The van der Waals surface area contributed by atoms with E-state index in [0.29, 0.717) is 45.7 Å². The van der Waals surface area contributed by atoms with Crippen molar-refractivity contribution in [2.45, 2.75) is 24.7 Å². The van der Waals surface area contributed by atoms with Gasteiger partial charge in [-0.15, -0.1) is 0 Å². The fourth-order valence-corrected chi connectivity index (χ4v) is 3.99. The van der Waals surface area contributed by atoms with Crippen LogP contribution >= 0.6 is 0 Å². The van der Waals surface area contributed by atoms with E-state index in [4.69, 9.17) is 4.74 Å². The zero-order chi connectivity index (χ0) is 18.1. The molecule has 0 bridgehead atoms. The van der Waals surface area contributed by atoms with Crippen LogP contribution in [0.3, 0.4) is 0 Å². The van der Waals surface area contributed by atoms with Gasteiger partial charge in [0.15, 0.2) is 0 Å². The number of carbonyl (C=O) groups is 1. The Hall–Kier alpha value is -1.48. The number of aryl methyl sites for hydroxylation is 1. The number of benzene rings is 1. The Morgan fingerprint density at radius 1 is 1.16 bits per heavy atom. The molecule has 7 nitrogen and oxygen atoms in total. The minimum Gasteiger partial charge on any atom is -0.379 e. The smallest absolute Gasteiger partial charge is 0.243 e. The maximum absolute atomic E-state index is 12.5. The summed E-state index contributed by atoms with van der Waals surface area (Å²) < 4.78 is 31.7. The molecule has 1 amide bonds. The predicted octanol–water partition coefficient (Wildman–Crippen LogP) is 0.366. The van der Waals surface area contributed by atoms with Crippen LogP contribution in [0.5, 0.6) is 0 Å². The molecule has 0 spiro atoms. The molecule has 1 heterocycles. The second kappa shape index (κ2) is 9.86. The van der Waals surface area contributed by atoms with Gasteiger partial charge in [0.2, 0.25) is 15.9 Å². The van der Waals surface area contributed by atoms with Crippen molar-refractivity contribution in [1.29, 1.82) is 0 Å². The van der Waals surface area contributed by atoms with Crippen molar-refractivity contribution in [3.63, 3.8) is 0 Å². The summed E-state index contributed by atoms with van der Waals surface area (Å²) in [4.78, 5) is 12.0. The zero-order valence-corrected chi connectivity index (χ0v) is 15.5. The van der Waals surface area contributed by atoms with E-state index in [-0.39, 0.29) is 10.8 Å². The lowest BCUT2D eigenvalue weighted by molar-refractivity contribution is -0.121. The van der Waals surface area contributed by atoms with Gasteiger partial charge in [-0.3, -0.25) is 4.79 Å². The first kappa shape index (κ1) is 19.8. The molecule has 0 radical (unpaired) electrons. The normalized spacial score (nSPS) is 15.9. The molecule has 140 valence electrons. The number of sulfonamides is 1. The summed E-state index contributed by atoms with van der Waals surface area (Å²) >= 11 is 0. The van der Waals surface area contributed by atoms with Gasteiger partial charge in [0.25, 0.3) is 0 Å². The fraction of sp³-hybridized carbons (Fsp3) is 0.588. The lowest BCUT2D eigenvalue weighted by atomic mass is 10.1. The quantitative estimate of drug-likeness (QED) is 0.614. The molecule has 1 saturated heterocycles. The summed E-state index contributed by atoms with van der Waals surface area (Å²) in [7, 11) is -3.46. The fourth-order valence-electron chi connectivity index (χ4n) is 2.58. The van der Waals surface area contributed by atoms with Crippen LogP contribution in [0.1, 0.15) is 18.9 Å². The van der Waals surface area contributed by atoms with Gasteiger partial charge >= 0.3 is 0 Å². The van der Waals surface area contributed by atoms with Crippen LogP contribution < -0.4 is 10.6 Å². The molecule has 0 unspecified atom stereocenters. The molecule has 1 aliphatic rings. The van der Waals surface area contributed by atoms with E-state index in [1.165, 1.54) is 4.31 Å². The standard InChI is InChI=1S/C17H27N3O4S/c1-2-18-9-10-19-17(21)8-5-15-3-6-16(7-4-15)25(22,23)20-11-13-24-14-12-20/h3-4,6-7,18H,2,5,8-14H2,1H3,(H,19,21). The monoisotopic (exact) mass is 369 g/mol. The van der Waals surface area contributed by atoms with Gasteiger partial charge < -0.3 is 15.4 Å². The van der Waals surface area contributed by atoms with Gasteiger partial charge in [-0.25, -0.2) is 8.42 Å². The molecule has 8 heteroatoms. The molecule has 1 aromatic carbocycles. The Balaban J connectivity index is 1.84. The molecule has 1 fully saturated rings. The van der Waals surface area contributed by atoms with Crippen LogP contribution in [0, 0.1) is 0 Å². The number of ether oxygens (including phenoxy) is 1. The summed E-state index contributed by atoms with van der Waals surface area (Å²) in [5, 5.41) is 5.99. The van der Waals surface area contributed by atoms with Gasteiger partial charge in [0.1, 0.15) is 0 Å². The molecule has 0 atom stereocenters. The van der Waals surface area contributed by atoms with Gasteiger partial charge in [-0.1, -0.05) is 19.1 Å². The third-order valence-electron chi connectivity index (χ3n) is 4.05. The van der Waals surface area contributed by atoms with Crippen molar-refractivity contribution in [3.05, 3.63) is 29.8 Å². The third-order valence-corrected chi connectivity index (χ3v) is 5.96. The van der Waals surface area contributed by atoms with Crippen LogP contribution in [0.4, 0.5) is 0 Å². The Labute approximate surface area is 149 Å². The SMILES string of the molecule is CCNCCNC(=O)CCc1ccc(S(=O)(=O)N2CCOCC2)cc1. The van der Waals surface area contributed by atoms with Crippen molar-refractivity contribution in [2.75, 3.05) is 45.9 Å². The lowest BCUT2D eigenvalue weighted by Gasteiger charge is -2.26. The number of amides is 1. The topological polar surface area (TPSA) is 87.7 Å². The third kappa shape index (κ3) is 6.07. The number of hydrogen-bond acceptors (Lipinski definition) is 5. The molecule has 1 aliphatic heterocycles.